The van der Waals surface area contributed by atoms with Gasteiger partial charge in [-0.25, -0.2) is 0 Å². The minimum atomic E-state index is 0.437. The standard InChI is InChI=1S/C15H24O/c1-9-5-10(2)15(14(16)6-9)13-8-11-3-4-12(13)7-11/h9-13,15H,3-8H2,1-2H3/t9-,10+,11-,12-,13-,15+/m1/s1. The van der Waals surface area contributed by atoms with Crippen molar-refractivity contribution < 1.29 is 4.79 Å². The molecule has 3 aliphatic rings. The van der Waals surface area contributed by atoms with Gasteiger partial charge >= 0.3 is 0 Å². The van der Waals surface area contributed by atoms with Crippen molar-refractivity contribution >= 4 is 5.78 Å². The van der Waals surface area contributed by atoms with Gasteiger partial charge in [0.1, 0.15) is 5.78 Å². The normalized spacial score (nSPS) is 52.2. The van der Waals surface area contributed by atoms with Gasteiger partial charge in [0.05, 0.1) is 0 Å². The van der Waals surface area contributed by atoms with E-state index in [2.05, 4.69) is 13.8 Å². The van der Waals surface area contributed by atoms with Crippen LogP contribution in [-0.2, 0) is 4.79 Å². The molecule has 3 saturated carbocycles. The maximum atomic E-state index is 12.3. The molecular formula is C15H24O. The topological polar surface area (TPSA) is 17.1 Å². The molecule has 0 saturated heterocycles. The fourth-order valence-electron chi connectivity index (χ4n) is 5.06. The Kier molecular flexibility index (Phi) is 2.60. The molecule has 90 valence electrons. The summed E-state index contributed by atoms with van der Waals surface area (Å²) < 4.78 is 0. The monoisotopic (exact) mass is 220 g/mol. The third-order valence-corrected chi connectivity index (χ3v) is 5.56. The quantitative estimate of drug-likeness (QED) is 0.659. The van der Waals surface area contributed by atoms with Gasteiger partial charge in [-0.3, -0.25) is 4.79 Å². The average molecular weight is 220 g/mol. The van der Waals surface area contributed by atoms with Gasteiger partial charge in [-0.15, -0.1) is 0 Å². The summed E-state index contributed by atoms with van der Waals surface area (Å²) in [5.74, 6) is 4.99. The van der Waals surface area contributed by atoms with Crippen LogP contribution in [0.4, 0.5) is 0 Å². The summed E-state index contributed by atoms with van der Waals surface area (Å²) in [7, 11) is 0. The summed E-state index contributed by atoms with van der Waals surface area (Å²) in [6.07, 6.45) is 7.83. The highest BCUT2D eigenvalue weighted by Crippen LogP contribution is 2.54. The van der Waals surface area contributed by atoms with E-state index in [0.29, 0.717) is 23.5 Å². The molecule has 0 aromatic rings. The summed E-state index contributed by atoms with van der Waals surface area (Å²) in [6.45, 7) is 4.57. The minimum absolute atomic E-state index is 0.437. The Morgan fingerprint density at radius 1 is 1.06 bits per heavy atom. The van der Waals surface area contributed by atoms with E-state index >= 15 is 0 Å². The number of hydrogen-bond donors (Lipinski definition) is 0. The Bertz CT molecular complexity index is 296. The fraction of sp³-hybridized carbons (Fsp3) is 0.933. The summed E-state index contributed by atoms with van der Waals surface area (Å²) in [6, 6.07) is 0. The molecule has 3 aliphatic carbocycles. The predicted octanol–water partition coefficient (Wildman–Crippen LogP) is 3.67. The molecule has 16 heavy (non-hydrogen) atoms. The van der Waals surface area contributed by atoms with E-state index < -0.39 is 0 Å². The number of Topliss-reactive ketones (excluding diaryl/α,β-unsaturated/α-hetero) is 1. The average Bonchev–Trinajstić information content (AvgIpc) is 2.77. The molecule has 3 rings (SSSR count). The zero-order valence-electron chi connectivity index (χ0n) is 10.6. The van der Waals surface area contributed by atoms with Crippen molar-refractivity contribution in [2.24, 2.45) is 35.5 Å². The van der Waals surface area contributed by atoms with Crippen LogP contribution >= 0.6 is 0 Å². The van der Waals surface area contributed by atoms with Crippen LogP contribution in [0, 0.1) is 35.5 Å². The molecule has 2 bridgehead atoms. The number of fused-ring (bicyclic) bond motifs is 2. The molecule has 0 amide bonds. The molecule has 6 atom stereocenters. The van der Waals surface area contributed by atoms with Crippen molar-refractivity contribution in [1.29, 1.82) is 0 Å². The molecule has 0 heterocycles. The van der Waals surface area contributed by atoms with E-state index in [9.17, 15) is 4.79 Å². The summed E-state index contributed by atoms with van der Waals surface area (Å²) >= 11 is 0. The van der Waals surface area contributed by atoms with Gasteiger partial charge in [-0.1, -0.05) is 20.3 Å². The van der Waals surface area contributed by atoms with Gasteiger partial charge in [0, 0.05) is 12.3 Å². The van der Waals surface area contributed by atoms with Crippen molar-refractivity contribution in [2.45, 2.75) is 52.4 Å². The third-order valence-electron chi connectivity index (χ3n) is 5.56. The smallest absolute Gasteiger partial charge is 0.136 e. The molecule has 1 nitrogen and oxygen atoms in total. The molecule has 0 N–H and O–H groups in total. The van der Waals surface area contributed by atoms with Crippen LogP contribution in [-0.4, -0.2) is 5.78 Å². The van der Waals surface area contributed by atoms with Crippen LogP contribution in [0.1, 0.15) is 52.4 Å². The maximum Gasteiger partial charge on any atom is 0.136 e. The molecule has 0 aliphatic heterocycles. The summed E-state index contributed by atoms with van der Waals surface area (Å²) in [5, 5.41) is 0. The zero-order chi connectivity index (χ0) is 11.3. The lowest BCUT2D eigenvalue weighted by molar-refractivity contribution is -0.131. The van der Waals surface area contributed by atoms with Crippen molar-refractivity contribution in [1.82, 2.24) is 0 Å². The van der Waals surface area contributed by atoms with Gasteiger partial charge < -0.3 is 0 Å². The second-order valence-corrected chi connectivity index (χ2v) is 6.85. The number of ketones is 1. The summed E-state index contributed by atoms with van der Waals surface area (Å²) in [5.41, 5.74) is 0. The van der Waals surface area contributed by atoms with E-state index in [1.807, 2.05) is 0 Å². The van der Waals surface area contributed by atoms with E-state index in [-0.39, 0.29) is 0 Å². The van der Waals surface area contributed by atoms with E-state index in [1.165, 1.54) is 32.1 Å². The van der Waals surface area contributed by atoms with Crippen molar-refractivity contribution in [2.75, 3.05) is 0 Å². The molecular weight excluding hydrogens is 196 g/mol. The van der Waals surface area contributed by atoms with Gasteiger partial charge in [0.15, 0.2) is 0 Å². The molecule has 3 fully saturated rings. The third kappa shape index (κ3) is 1.63. The van der Waals surface area contributed by atoms with E-state index in [0.717, 1.165) is 24.2 Å². The fourth-order valence-corrected chi connectivity index (χ4v) is 5.06. The molecule has 0 spiro atoms. The largest absolute Gasteiger partial charge is 0.299 e. The maximum absolute atomic E-state index is 12.3. The Morgan fingerprint density at radius 2 is 1.88 bits per heavy atom. The lowest BCUT2D eigenvalue weighted by Gasteiger charge is -2.38. The Hall–Kier alpha value is -0.330. The molecule has 0 aromatic carbocycles. The van der Waals surface area contributed by atoms with Crippen LogP contribution in [0.3, 0.4) is 0 Å². The minimum Gasteiger partial charge on any atom is -0.299 e. The number of carbonyl (C=O) groups is 1. The first-order chi connectivity index (χ1) is 7.65. The highest BCUT2D eigenvalue weighted by Gasteiger charge is 2.47. The van der Waals surface area contributed by atoms with Gasteiger partial charge in [-0.2, -0.15) is 0 Å². The van der Waals surface area contributed by atoms with E-state index in [4.69, 9.17) is 0 Å². The SMILES string of the molecule is C[C@H]1CC(=O)[C@H]([C@@H]2C[C@@H]3CC[C@@H]2C3)[C@@H](C)C1. The second-order valence-electron chi connectivity index (χ2n) is 6.85. The lowest BCUT2D eigenvalue weighted by Crippen LogP contribution is -2.38. The highest BCUT2D eigenvalue weighted by atomic mass is 16.1. The van der Waals surface area contributed by atoms with Crippen molar-refractivity contribution in [3.8, 4) is 0 Å². The Balaban J connectivity index is 1.76. The molecule has 0 unspecified atom stereocenters. The Morgan fingerprint density at radius 3 is 2.44 bits per heavy atom. The molecule has 0 aromatic heterocycles. The number of rotatable bonds is 1. The van der Waals surface area contributed by atoms with Crippen molar-refractivity contribution in [3.63, 3.8) is 0 Å². The van der Waals surface area contributed by atoms with Crippen LogP contribution in [0.2, 0.25) is 0 Å². The van der Waals surface area contributed by atoms with Crippen LogP contribution in [0.15, 0.2) is 0 Å². The Labute approximate surface area is 99.0 Å². The zero-order valence-corrected chi connectivity index (χ0v) is 10.6. The van der Waals surface area contributed by atoms with E-state index in [1.54, 1.807) is 0 Å². The van der Waals surface area contributed by atoms with Gasteiger partial charge in [0.2, 0.25) is 0 Å². The van der Waals surface area contributed by atoms with Crippen LogP contribution in [0.25, 0.3) is 0 Å². The summed E-state index contributed by atoms with van der Waals surface area (Å²) in [4.78, 5) is 12.3. The van der Waals surface area contributed by atoms with Crippen LogP contribution < -0.4 is 0 Å². The highest BCUT2D eigenvalue weighted by molar-refractivity contribution is 5.82. The first-order valence-corrected chi connectivity index (χ1v) is 7.18. The predicted molar refractivity (Wildman–Crippen MR) is 65.0 cm³/mol. The van der Waals surface area contributed by atoms with Gasteiger partial charge in [0.25, 0.3) is 0 Å². The second kappa shape index (κ2) is 3.85. The van der Waals surface area contributed by atoms with Crippen LogP contribution in [0.5, 0.6) is 0 Å². The first kappa shape index (κ1) is 10.8. The van der Waals surface area contributed by atoms with Crippen molar-refractivity contribution in [3.05, 3.63) is 0 Å². The number of hydrogen-bond acceptors (Lipinski definition) is 1. The first-order valence-electron chi connectivity index (χ1n) is 7.18. The van der Waals surface area contributed by atoms with Gasteiger partial charge in [-0.05, 0) is 55.3 Å². The molecule has 0 radical (unpaired) electrons. The lowest BCUT2D eigenvalue weighted by atomic mass is 9.65. The molecule has 1 heteroatoms. The number of carbonyl (C=O) groups excluding carboxylic acids is 1.